The molecule has 88 valence electrons. The van der Waals surface area contributed by atoms with Gasteiger partial charge in [0.1, 0.15) is 0 Å². The Bertz CT molecular complexity index is 342. The summed E-state index contributed by atoms with van der Waals surface area (Å²) < 4.78 is 0. The van der Waals surface area contributed by atoms with Crippen LogP contribution in [-0.4, -0.2) is 19.0 Å². The van der Waals surface area contributed by atoms with E-state index in [1.54, 1.807) is 6.07 Å². The molecule has 0 saturated heterocycles. The fraction of sp³-hybridized carbons (Fsp3) is 0.417. The van der Waals surface area contributed by atoms with Crippen LogP contribution in [0.2, 0.25) is 5.02 Å². The van der Waals surface area contributed by atoms with Gasteiger partial charge in [0, 0.05) is 6.54 Å². The van der Waals surface area contributed by atoms with E-state index in [1.165, 1.54) is 0 Å². The van der Waals surface area contributed by atoms with E-state index in [1.807, 2.05) is 18.2 Å². The molecule has 0 aromatic heterocycles. The summed E-state index contributed by atoms with van der Waals surface area (Å²) in [5.41, 5.74) is 0.787. The molecule has 0 fully saturated rings. The Labute approximate surface area is 101 Å². The highest BCUT2D eigenvalue weighted by Gasteiger charge is 2.02. The van der Waals surface area contributed by atoms with Gasteiger partial charge < -0.3 is 10.6 Å². The van der Waals surface area contributed by atoms with Crippen molar-refractivity contribution in [2.24, 2.45) is 0 Å². The number of anilines is 1. The van der Waals surface area contributed by atoms with Crippen molar-refractivity contribution in [3.8, 4) is 0 Å². The number of unbranched alkanes of at least 4 members (excludes halogenated alkanes) is 1. The summed E-state index contributed by atoms with van der Waals surface area (Å²) in [6.07, 6.45) is 2.09. The molecule has 3 nitrogen and oxygen atoms in total. The van der Waals surface area contributed by atoms with Crippen molar-refractivity contribution in [1.29, 1.82) is 0 Å². The Morgan fingerprint density at radius 2 is 2.12 bits per heavy atom. The van der Waals surface area contributed by atoms with E-state index in [4.69, 9.17) is 11.6 Å². The zero-order chi connectivity index (χ0) is 11.8. The van der Waals surface area contributed by atoms with Crippen LogP contribution in [-0.2, 0) is 4.79 Å². The lowest BCUT2D eigenvalue weighted by molar-refractivity contribution is -0.119. The van der Waals surface area contributed by atoms with Gasteiger partial charge in [0.15, 0.2) is 0 Å². The third kappa shape index (κ3) is 4.53. The molecule has 0 aliphatic heterocycles. The zero-order valence-corrected chi connectivity index (χ0v) is 10.2. The fourth-order valence-electron chi connectivity index (χ4n) is 1.25. The molecule has 0 unspecified atom stereocenters. The van der Waals surface area contributed by atoms with Gasteiger partial charge in [-0.1, -0.05) is 37.1 Å². The maximum atomic E-state index is 11.4. The summed E-state index contributed by atoms with van der Waals surface area (Å²) in [6.45, 7) is 3.08. The molecule has 0 spiro atoms. The molecule has 1 aromatic carbocycles. The molecule has 2 N–H and O–H groups in total. The first kappa shape index (κ1) is 12.8. The van der Waals surface area contributed by atoms with Crippen LogP contribution in [0.3, 0.4) is 0 Å². The highest BCUT2D eigenvalue weighted by Crippen LogP contribution is 2.19. The normalized spacial score (nSPS) is 9.88. The summed E-state index contributed by atoms with van der Waals surface area (Å²) in [7, 11) is 0. The van der Waals surface area contributed by atoms with E-state index in [9.17, 15) is 4.79 Å². The minimum absolute atomic E-state index is 0.00614. The molecule has 1 aromatic rings. The minimum atomic E-state index is -0.00614. The smallest absolute Gasteiger partial charge is 0.239 e. The van der Waals surface area contributed by atoms with Crippen molar-refractivity contribution in [1.82, 2.24) is 5.32 Å². The second-order valence-electron chi connectivity index (χ2n) is 3.54. The first-order valence-corrected chi connectivity index (χ1v) is 5.87. The maximum absolute atomic E-state index is 11.4. The van der Waals surface area contributed by atoms with E-state index in [-0.39, 0.29) is 12.5 Å². The number of rotatable bonds is 6. The molecule has 0 atom stereocenters. The van der Waals surface area contributed by atoms with Gasteiger partial charge in [-0.05, 0) is 18.6 Å². The number of hydrogen-bond donors (Lipinski definition) is 2. The number of para-hydroxylation sites is 1. The molecule has 0 heterocycles. The molecule has 0 saturated carbocycles. The number of hydrogen-bond acceptors (Lipinski definition) is 2. The summed E-state index contributed by atoms with van der Waals surface area (Å²) in [5.74, 6) is -0.00614. The maximum Gasteiger partial charge on any atom is 0.239 e. The third-order valence-electron chi connectivity index (χ3n) is 2.17. The standard InChI is InChI=1S/C12H17ClN2O/c1-2-3-8-14-12(16)9-15-11-7-5-4-6-10(11)13/h4-7,15H,2-3,8-9H2,1H3,(H,14,16). The van der Waals surface area contributed by atoms with Crippen molar-refractivity contribution in [3.05, 3.63) is 29.3 Å². The van der Waals surface area contributed by atoms with Crippen LogP contribution in [0.5, 0.6) is 0 Å². The second-order valence-corrected chi connectivity index (χ2v) is 3.94. The predicted molar refractivity (Wildman–Crippen MR) is 67.9 cm³/mol. The first-order valence-electron chi connectivity index (χ1n) is 5.49. The monoisotopic (exact) mass is 240 g/mol. The van der Waals surface area contributed by atoms with Gasteiger partial charge in [-0.25, -0.2) is 0 Å². The van der Waals surface area contributed by atoms with E-state index in [0.29, 0.717) is 5.02 Å². The lowest BCUT2D eigenvalue weighted by Crippen LogP contribution is -2.30. The van der Waals surface area contributed by atoms with Gasteiger partial charge in [0.25, 0.3) is 0 Å². The van der Waals surface area contributed by atoms with E-state index >= 15 is 0 Å². The fourth-order valence-corrected chi connectivity index (χ4v) is 1.45. The number of carbonyl (C=O) groups excluding carboxylic acids is 1. The van der Waals surface area contributed by atoms with Gasteiger partial charge in [0.2, 0.25) is 5.91 Å². The number of amides is 1. The molecule has 4 heteroatoms. The summed E-state index contributed by atoms with van der Waals surface area (Å²) >= 11 is 5.94. The molecule has 0 aliphatic carbocycles. The SMILES string of the molecule is CCCCNC(=O)CNc1ccccc1Cl. The molecule has 1 rings (SSSR count). The Balaban J connectivity index is 2.29. The minimum Gasteiger partial charge on any atom is -0.375 e. The van der Waals surface area contributed by atoms with Gasteiger partial charge in [-0.3, -0.25) is 4.79 Å². The van der Waals surface area contributed by atoms with Crippen molar-refractivity contribution < 1.29 is 4.79 Å². The van der Waals surface area contributed by atoms with Crippen LogP contribution in [0.1, 0.15) is 19.8 Å². The van der Waals surface area contributed by atoms with Crippen molar-refractivity contribution >= 4 is 23.2 Å². The zero-order valence-electron chi connectivity index (χ0n) is 9.42. The lowest BCUT2D eigenvalue weighted by atomic mass is 10.3. The van der Waals surface area contributed by atoms with Crippen LogP contribution >= 0.6 is 11.6 Å². The molecule has 16 heavy (non-hydrogen) atoms. The lowest BCUT2D eigenvalue weighted by Gasteiger charge is -2.08. The van der Waals surface area contributed by atoms with Crippen LogP contribution in [0.15, 0.2) is 24.3 Å². The number of halogens is 1. The highest BCUT2D eigenvalue weighted by atomic mass is 35.5. The molecule has 0 radical (unpaired) electrons. The molecule has 0 aliphatic rings. The first-order chi connectivity index (χ1) is 7.74. The van der Waals surface area contributed by atoms with Crippen LogP contribution in [0.25, 0.3) is 0 Å². The van der Waals surface area contributed by atoms with E-state index < -0.39 is 0 Å². The van der Waals surface area contributed by atoms with E-state index in [2.05, 4.69) is 17.6 Å². The van der Waals surface area contributed by atoms with Gasteiger partial charge >= 0.3 is 0 Å². The Hall–Kier alpha value is -1.22. The van der Waals surface area contributed by atoms with Crippen molar-refractivity contribution in [3.63, 3.8) is 0 Å². The predicted octanol–water partition coefficient (Wildman–Crippen LogP) is 2.67. The quantitative estimate of drug-likeness (QED) is 0.751. The topological polar surface area (TPSA) is 41.1 Å². The number of carbonyl (C=O) groups is 1. The van der Waals surface area contributed by atoms with Gasteiger partial charge in [-0.2, -0.15) is 0 Å². The Morgan fingerprint density at radius 3 is 2.81 bits per heavy atom. The molecular formula is C12H17ClN2O. The van der Waals surface area contributed by atoms with Crippen molar-refractivity contribution in [2.75, 3.05) is 18.4 Å². The van der Waals surface area contributed by atoms with Crippen molar-refractivity contribution in [2.45, 2.75) is 19.8 Å². The summed E-state index contributed by atoms with van der Waals surface area (Å²) in [5, 5.41) is 6.45. The Kier molecular flexibility index (Phi) is 5.72. The van der Waals surface area contributed by atoms with Crippen LogP contribution in [0, 0.1) is 0 Å². The van der Waals surface area contributed by atoms with Gasteiger partial charge in [0.05, 0.1) is 17.3 Å². The average Bonchev–Trinajstić information content (AvgIpc) is 2.28. The molecular weight excluding hydrogens is 224 g/mol. The molecule has 0 bridgehead atoms. The third-order valence-corrected chi connectivity index (χ3v) is 2.50. The van der Waals surface area contributed by atoms with E-state index in [0.717, 1.165) is 25.1 Å². The summed E-state index contributed by atoms with van der Waals surface area (Å²) in [6, 6.07) is 7.37. The number of nitrogens with one attached hydrogen (secondary N) is 2. The largest absolute Gasteiger partial charge is 0.375 e. The van der Waals surface area contributed by atoms with Crippen LogP contribution in [0.4, 0.5) is 5.69 Å². The second kappa shape index (κ2) is 7.12. The van der Waals surface area contributed by atoms with Gasteiger partial charge in [-0.15, -0.1) is 0 Å². The highest BCUT2D eigenvalue weighted by molar-refractivity contribution is 6.33. The Morgan fingerprint density at radius 1 is 1.38 bits per heavy atom. The van der Waals surface area contributed by atoms with Crippen LogP contribution < -0.4 is 10.6 Å². The summed E-state index contributed by atoms with van der Waals surface area (Å²) in [4.78, 5) is 11.4. The number of benzene rings is 1. The molecule has 1 amide bonds. The average molecular weight is 241 g/mol.